The molecule has 1 saturated heterocycles. The van der Waals surface area contributed by atoms with Gasteiger partial charge in [0, 0.05) is 32.2 Å². The summed E-state index contributed by atoms with van der Waals surface area (Å²) in [6, 6.07) is 7.21. The first kappa shape index (κ1) is 13.4. The molecule has 2 nitrogen and oxygen atoms in total. The van der Waals surface area contributed by atoms with Crippen molar-refractivity contribution < 1.29 is 4.39 Å². The molecular formula is C12H18ClFN2. The molecular weight excluding hydrogens is 227 g/mol. The molecule has 0 bridgehead atoms. The second-order valence-corrected chi connectivity index (χ2v) is 4.01. The van der Waals surface area contributed by atoms with Crippen LogP contribution >= 0.6 is 12.4 Å². The lowest BCUT2D eigenvalue weighted by molar-refractivity contribution is 0.185. The summed E-state index contributed by atoms with van der Waals surface area (Å²) in [6.07, 6.45) is 0. The van der Waals surface area contributed by atoms with Gasteiger partial charge in [0.15, 0.2) is 0 Å². The standard InChI is InChI=1S/C12H17FN2.ClH/c1-10(15-8-6-14-7-9-15)11-2-4-12(13)5-3-11;/h2-5,10,14H,6-9H2,1H3;1H/t10-;/m1./s1. The van der Waals surface area contributed by atoms with Crippen LogP contribution in [0.1, 0.15) is 18.5 Å². The minimum Gasteiger partial charge on any atom is -0.314 e. The fraction of sp³-hybridized carbons (Fsp3) is 0.500. The van der Waals surface area contributed by atoms with E-state index in [4.69, 9.17) is 0 Å². The van der Waals surface area contributed by atoms with Crippen LogP contribution in [0.5, 0.6) is 0 Å². The van der Waals surface area contributed by atoms with Gasteiger partial charge in [0.1, 0.15) is 5.82 Å². The van der Waals surface area contributed by atoms with E-state index in [9.17, 15) is 4.39 Å². The van der Waals surface area contributed by atoms with E-state index in [1.165, 1.54) is 17.7 Å². The largest absolute Gasteiger partial charge is 0.314 e. The Morgan fingerprint density at radius 1 is 1.19 bits per heavy atom. The zero-order chi connectivity index (χ0) is 10.7. The van der Waals surface area contributed by atoms with Gasteiger partial charge in [0.05, 0.1) is 0 Å². The van der Waals surface area contributed by atoms with Gasteiger partial charge >= 0.3 is 0 Å². The Morgan fingerprint density at radius 2 is 1.75 bits per heavy atom. The number of halogens is 2. The van der Waals surface area contributed by atoms with Crippen molar-refractivity contribution in [3.05, 3.63) is 35.6 Å². The Kier molecular flexibility index (Phi) is 5.19. The lowest BCUT2D eigenvalue weighted by atomic mass is 10.1. The van der Waals surface area contributed by atoms with E-state index in [-0.39, 0.29) is 18.2 Å². The maximum absolute atomic E-state index is 12.8. The summed E-state index contributed by atoms with van der Waals surface area (Å²) in [7, 11) is 0. The minimum atomic E-state index is -0.161. The number of hydrogen-bond acceptors (Lipinski definition) is 2. The molecule has 2 rings (SSSR count). The third kappa shape index (κ3) is 3.17. The van der Waals surface area contributed by atoms with Crippen molar-refractivity contribution in [3.63, 3.8) is 0 Å². The number of rotatable bonds is 2. The molecule has 16 heavy (non-hydrogen) atoms. The normalized spacial score (nSPS) is 18.9. The molecule has 1 aliphatic heterocycles. The molecule has 1 aromatic rings. The van der Waals surface area contributed by atoms with E-state index in [0.717, 1.165) is 26.2 Å². The Labute approximate surface area is 102 Å². The van der Waals surface area contributed by atoms with Crippen LogP contribution < -0.4 is 5.32 Å². The smallest absolute Gasteiger partial charge is 0.123 e. The molecule has 90 valence electrons. The molecule has 4 heteroatoms. The van der Waals surface area contributed by atoms with Crippen LogP contribution in [0.25, 0.3) is 0 Å². The van der Waals surface area contributed by atoms with Crippen molar-refractivity contribution in [2.75, 3.05) is 26.2 Å². The number of piperazine rings is 1. The molecule has 0 amide bonds. The van der Waals surface area contributed by atoms with Gasteiger partial charge in [-0.15, -0.1) is 12.4 Å². The van der Waals surface area contributed by atoms with Gasteiger partial charge in [-0.3, -0.25) is 4.90 Å². The third-order valence-corrected chi connectivity index (χ3v) is 3.05. The second-order valence-electron chi connectivity index (χ2n) is 4.01. The van der Waals surface area contributed by atoms with E-state index >= 15 is 0 Å². The zero-order valence-electron chi connectivity index (χ0n) is 9.45. The van der Waals surface area contributed by atoms with Gasteiger partial charge in [0.25, 0.3) is 0 Å². The van der Waals surface area contributed by atoms with E-state index in [1.54, 1.807) is 0 Å². The summed E-state index contributed by atoms with van der Waals surface area (Å²) in [5.74, 6) is -0.161. The summed E-state index contributed by atoms with van der Waals surface area (Å²) in [4.78, 5) is 2.42. The van der Waals surface area contributed by atoms with E-state index in [1.807, 2.05) is 12.1 Å². The van der Waals surface area contributed by atoms with Crippen molar-refractivity contribution in [1.82, 2.24) is 10.2 Å². The van der Waals surface area contributed by atoms with Crippen LogP contribution in [0.4, 0.5) is 4.39 Å². The molecule has 0 aliphatic carbocycles. The Bertz CT molecular complexity index is 309. The quantitative estimate of drug-likeness (QED) is 0.858. The average Bonchev–Trinajstić information content (AvgIpc) is 2.30. The fourth-order valence-corrected chi connectivity index (χ4v) is 2.02. The van der Waals surface area contributed by atoms with Crippen LogP contribution in [-0.2, 0) is 0 Å². The summed E-state index contributed by atoms with van der Waals surface area (Å²) in [5.41, 5.74) is 1.19. The zero-order valence-corrected chi connectivity index (χ0v) is 10.3. The molecule has 0 spiro atoms. The fourth-order valence-electron chi connectivity index (χ4n) is 2.02. The number of nitrogens with one attached hydrogen (secondary N) is 1. The van der Waals surface area contributed by atoms with Gasteiger partial charge < -0.3 is 5.32 Å². The summed E-state index contributed by atoms with van der Waals surface area (Å²) in [6.45, 7) is 6.41. The molecule has 1 N–H and O–H groups in total. The van der Waals surface area contributed by atoms with Crippen molar-refractivity contribution in [3.8, 4) is 0 Å². The SMILES string of the molecule is C[C@H](c1ccc(F)cc1)N1CCNCC1.Cl. The summed E-state index contributed by atoms with van der Waals surface area (Å²) in [5, 5.41) is 3.33. The Hall–Kier alpha value is -0.640. The van der Waals surface area contributed by atoms with Gasteiger partial charge in [-0.1, -0.05) is 12.1 Å². The van der Waals surface area contributed by atoms with E-state index < -0.39 is 0 Å². The topological polar surface area (TPSA) is 15.3 Å². The number of hydrogen-bond donors (Lipinski definition) is 1. The minimum absolute atomic E-state index is 0. The highest BCUT2D eigenvalue weighted by molar-refractivity contribution is 5.85. The maximum Gasteiger partial charge on any atom is 0.123 e. The Balaban J connectivity index is 0.00000128. The third-order valence-electron chi connectivity index (χ3n) is 3.05. The summed E-state index contributed by atoms with van der Waals surface area (Å²) < 4.78 is 12.8. The highest BCUT2D eigenvalue weighted by Gasteiger charge is 2.17. The van der Waals surface area contributed by atoms with E-state index in [0.29, 0.717) is 6.04 Å². The van der Waals surface area contributed by atoms with Crippen LogP contribution in [0.2, 0.25) is 0 Å². The van der Waals surface area contributed by atoms with Crippen LogP contribution in [-0.4, -0.2) is 31.1 Å². The first-order valence-corrected chi connectivity index (χ1v) is 5.47. The first-order valence-electron chi connectivity index (χ1n) is 5.47. The van der Waals surface area contributed by atoms with Crippen LogP contribution in [0, 0.1) is 5.82 Å². The predicted molar refractivity (Wildman–Crippen MR) is 66.5 cm³/mol. The molecule has 0 unspecified atom stereocenters. The molecule has 1 atom stereocenters. The summed E-state index contributed by atoms with van der Waals surface area (Å²) >= 11 is 0. The maximum atomic E-state index is 12.8. The molecule has 0 aromatic heterocycles. The molecule has 0 radical (unpaired) electrons. The lowest BCUT2D eigenvalue weighted by Crippen LogP contribution is -2.44. The highest BCUT2D eigenvalue weighted by atomic mass is 35.5. The predicted octanol–water partition coefficient (Wildman–Crippen LogP) is 2.21. The van der Waals surface area contributed by atoms with Gasteiger partial charge in [-0.2, -0.15) is 0 Å². The molecule has 1 aliphatic rings. The highest BCUT2D eigenvalue weighted by Crippen LogP contribution is 2.20. The second kappa shape index (κ2) is 6.18. The Morgan fingerprint density at radius 3 is 2.31 bits per heavy atom. The molecule has 1 fully saturated rings. The van der Waals surface area contributed by atoms with Crippen LogP contribution in [0.3, 0.4) is 0 Å². The van der Waals surface area contributed by atoms with Gasteiger partial charge in [0.2, 0.25) is 0 Å². The first-order chi connectivity index (χ1) is 7.27. The molecule has 1 aromatic carbocycles. The van der Waals surface area contributed by atoms with E-state index in [2.05, 4.69) is 17.1 Å². The van der Waals surface area contributed by atoms with Crippen molar-refractivity contribution in [1.29, 1.82) is 0 Å². The number of benzene rings is 1. The van der Waals surface area contributed by atoms with Crippen LogP contribution in [0.15, 0.2) is 24.3 Å². The molecule has 1 heterocycles. The van der Waals surface area contributed by atoms with Crippen molar-refractivity contribution in [2.24, 2.45) is 0 Å². The monoisotopic (exact) mass is 244 g/mol. The van der Waals surface area contributed by atoms with Crippen molar-refractivity contribution >= 4 is 12.4 Å². The number of nitrogens with zero attached hydrogens (tertiary/aromatic N) is 1. The van der Waals surface area contributed by atoms with Crippen molar-refractivity contribution in [2.45, 2.75) is 13.0 Å². The molecule has 0 saturated carbocycles. The van der Waals surface area contributed by atoms with Gasteiger partial charge in [-0.05, 0) is 24.6 Å². The van der Waals surface area contributed by atoms with Gasteiger partial charge in [-0.25, -0.2) is 4.39 Å². The lowest BCUT2D eigenvalue weighted by Gasteiger charge is -2.33. The average molecular weight is 245 g/mol.